The van der Waals surface area contributed by atoms with E-state index in [1.807, 2.05) is 82.5 Å². The number of unbranched alkanes of at least 4 members (excludes halogenated alkanes) is 2. The number of aliphatic hydroxyl groups is 1. The molecule has 0 saturated carbocycles. The van der Waals surface area contributed by atoms with E-state index in [4.69, 9.17) is 39.4 Å². The number of alkyl halides is 1. The van der Waals surface area contributed by atoms with Crippen molar-refractivity contribution >= 4 is 116 Å². The third kappa shape index (κ3) is 35.7. The molecule has 1 aliphatic heterocycles. The van der Waals surface area contributed by atoms with E-state index < -0.39 is 138 Å². The van der Waals surface area contributed by atoms with Crippen molar-refractivity contribution in [2.45, 2.75) is 198 Å². The minimum Gasteiger partial charge on any atom is -0.508 e. The predicted molar refractivity (Wildman–Crippen MR) is 515 cm³/mol. The number of amides is 13. The Hall–Kier alpha value is -12.8. The normalized spacial score (nSPS) is 14.6. The van der Waals surface area contributed by atoms with Gasteiger partial charge in [-0.3, -0.25) is 57.7 Å². The molecule has 0 unspecified atom stereocenters. The van der Waals surface area contributed by atoms with Gasteiger partial charge in [0.1, 0.15) is 78.5 Å². The van der Waals surface area contributed by atoms with Crippen LogP contribution in [0.1, 0.15) is 145 Å². The summed E-state index contributed by atoms with van der Waals surface area (Å²) in [6.07, 6.45) is 5.39. The monoisotopic (exact) mass is 1860 g/mol. The van der Waals surface area contributed by atoms with E-state index in [0.29, 0.717) is 65.6 Å². The zero-order chi connectivity index (χ0) is 96.5. The first-order valence-corrected chi connectivity index (χ1v) is 46.0. The number of allylic oxidation sites excluding steroid dienone is 1. The van der Waals surface area contributed by atoms with Crippen LogP contribution in [0.4, 0.5) is 4.79 Å². The first-order chi connectivity index (χ1) is 63.7. The number of urea groups is 1. The number of nitrogens with one attached hydrogen (secondary N) is 11. The van der Waals surface area contributed by atoms with Crippen molar-refractivity contribution in [3.63, 3.8) is 0 Å². The average molecular weight is 1870 g/mol. The van der Waals surface area contributed by atoms with Crippen LogP contribution in [-0.2, 0) is 78.4 Å². The molecular weight excluding hydrogens is 1740 g/mol. The number of carbonyl (C=O) groups is 12. The van der Waals surface area contributed by atoms with Gasteiger partial charge in [0.25, 0.3) is 0 Å². The van der Waals surface area contributed by atoms with E-state index in [0.717, 1.165) is 29.5 Å². The Morgan fingerprint density at radius 2 is 1.02 bits per heavy atom. The fourth-order valence-corrected chi connectivity index (χ4v) is 15.6. The minimum atomic E-state index is -1.83. The lowest BCUT2D eigenvalue weighted by Gasteiger charge is -2.31. The molecule has 17 N–H and O–H groups in total. The van der Waals surface area contributed by atoms with Gasteiger partial charge in [-0.05, 0) is 201 Å². The standard InChI is InChI=1S/C74H100ClN15O14.C26H28ClNO/c1-43(2)35-57(66(96)84-56(19-10-11-32-79-44(3)4)73(103)90-34-14-20-63(90)72(102)81-45(5)64(76)94)85-65(95)55(18-9-12-33-80-74(77)104)83-68(98)59(38-48-24-29-54(93)30-25-48)88-71(101)62(42-91)89-70(100)61(40-50-15-13-31-78-41-50)87-69(99)60(37-47-22-27-53(75)28-23-47)86-67(97)58(82-46(6)92)39-49-21-26-51-16-7-8-17-52(51)36-49;1-28(2)19-20-29-24-15-13-23(14-16-24)26(22-11-7-4-8-12-22)25(17-18-27)21-9-5-3-6-10-21/h7-8,13,15-17,21-31,36,41,43-45,55-63,79,91,93H,9-12,14,18-20,32-35,37-40,42H2,1-6H3,(H2,76,94)(H,81,102)(H,82,92)(H,83,98)(H,84,96)(H,85,95)(H,86,97)(H,87,99)(H,88,101)(H,89,100)(H3,77,80,104);3-16H,17-20H2,1-2H3/b;26-25-/t45-,55-,56+,57-,58-,59+,60-,61-,62+,63+;/m1./s1. The number of pyridine rings is 1. The molecule has 0 radical (unpaired) electrons. The van der Waals surface area contributed by atoms with Gasteiger partial charge in [0, 0.05) is 81.6 Å². The Kier molecular flexibility index (Phi) is 43.5. The number of halogens is 2. The Balaban J connectivity index is 0.000000631. The Morgan fingerprint density at radius 3 is 1.58 bits per heavy atom. The van der Waals surface area contributed by atoms with Gasteiger partial charge in [0.15, 0.2) is 0 Å². The summed E-state index contributed by atoms with van der Waals surface area (Å²) < 4.78 is 5.87. The summed E-state index contributed by atoms with van der Waals surface area (Å²) in [4.78, 5) is 175. The molecule has 13 amide bonds. The second-order valence-electron chi connectivity index (χ2n) is 34.1. The average Bonchev–Trinajstić information content (AvgIpc) is 1.80. The molecule has 9 rings (SSSR count). The number of rotatable bonds is 50. The molecule has 33 heteroatoms. The summed E-state index contributed by atoms with van der Waals surface area (Å²) in [5, 5.41) is 53.5. The van der Waals surface area contributed by atoms with E-state index in [2.05, 4.69) is 141 Å². The number of benzene rings is 7. The second-order valence-corrected chi connectivity index (χ2v) is 34.9. The molecule has 1 fully saturated rings. The number of nitrogens with two attached hydrogens (primary N) is 2. The maximum absolute atomic E-state index is 15.0. The van der Waals surface area contributed by atoms with Gasteiger partial charge < -0.3 is 94.7 Å². The molecule has 0 spiro atoms. The summed E-state index contributed by atoms with van der Waals surface area (Å²) in [6.45, 7) is 11.6. The van der Waals surface area contributed by atoms with Crippen molar-refractivity contribution < 1.29 is 72.5 Å². The lowest BCUT2D eigenvalue weighted by molar-refractivity contribution is -0.142. The number of nitrogens with zero attached hydrogens (tertiary/aromatic N) is 3. The van der Waals surface area contributed by atoms with Crippen molar-refractivity contribution in [1.29, 1.82) is 0 Å². The molecule has 0 aliphatic carbocycles. The number of ether oxygens (including phenoxy) is 1. The van der Waals surface area contributed by atoms with Crippen LogP contribution in [0.3, 0.4) is 0 Å². The second kappa shape index (κ2) is 54.9. The molecule has 7 aromatic carbocycles. The highest BCUT2D eigenvalue weighted by molar-refractivity contribution is 6.30. The Morgan fingerprint density at radius 1 is 0.526 bits per heavy atom. The SMILES string of the molecule is CC(=O)N[C@H](Cc1ccc2ccccc2c1)C(=O)N[C@H](Cc1ccc(Cl)cc1)C(=O)N[C@H](Cc1cccnc1)C(=O)N[C@@H](CO)C(=O)N[C@@H](Cc1ccc(O)cc1)C(=O)N[C@H](CCCCNC(N)=O)C(=O)N[C@H](CC(C)C)C(=O)N[C@@H](CCCCNC(C)C)C(=O)N1CCC[C@H]1C(=O)N[C@H](C)C(N)=O.CN(C)CCOc1ccc(/C(=C(/CCCl)c2ccccc2)c2ccccc2)cc1. The number of likely N-dealkylation sites (N-methyl/N-ethyl adjacent to an activating group) is 1. The Labute approximate surface area is 788 Å². The highest BCUT2D eigenvalue weighted by Crippen LogP contribution is 2.36. The van der Waals surface area contributed by atoms with Crippen LogP contribution in [0.25, 0.3) is 21.9 Å². The number of phenols is 1. The lowest BCUT2D eigenvalue weighted by atomic mass is 9.88. The third-order valence-corrected chi connectivity index (χ3v) is 22.7. The molecule has 10 atom stereocenters. The highest BCUT2D eigenvalue weighted by Gasteiger charge is 2.41. The number of hydrogen-bond acceptors (Lipinski definition) is 18. The number of fused-ring (bicyclic) bond motifs is 1. The molecule has 2 heterocycles. The van der Waals surface area contributed by atoms with Crippen molar-refractivity contribution in [3.05, 3.63) is 244 Å². The number of phenolic OH excluding ortho intramolecular Hbond substituents is 1. The molecular formula is C100H128Cl2N16O15. The third-order valence-electron chi connectivity index (χ3n) is 22.2. The van der Waals surface area contributed by atoms with Crippen molar-refractivity contribution in [2.24, 2.45) is 17.4 Å². The van der Waals surface area contributed by atoms with Crippen molar-refractivity contribution in [3.8, 4) is 11.5 Å². The van der Waals surface area contributed by atoms with Gasteiger partial charge in [-0.25, -0.2) is 4.79 Å². The highest BCUT2D eigenvalue weighted by atomic mass is 35.5. The van der Waals surface area contributed by atoms with Crippen molar-refractivity contribution in [1.82, 2.24) is 73.3 Å². The van der Waals surface area contributed by atoms with E-state index >= 15 is 0 Å². The number of carbonyl (C=O) groups excluding carboxylic acids is 12. The molecule has 0 bridgehead atoms. The van der Waals surface area contributed by atoms with Gasteiger partial charge >= 0.3 is 6.03 Å². The topological polar surface area (TPSA) is 458 Å². The molecule has 8 aromatic rings. The maximum Gasteiger partial charge on any atom is 0.312 e. The molecule has 1 aliphatic rings. The number of aromatic nitrogens is 1. The summed E-state index contributed by atoms with van der Waals surface area (Å²) in [7, 11) is 4.09. The first-order valence-electron chi connectivity index (χ1n) is 45.1. The van der Waals surface area contributed by atoms with Crippen LogP contribution in [0.15, 0.2) is 200 Å². The fourth-order valence-electron chi connectivity index (χ4n) is 15.3. The van der Waals surface area contributed by atoms with Crippen LogP contribution in [0.2, 0.25) is 5.02 Å². The van der Waals surface area contributed by atoms with Crippen molar-refractivity contribution in [2.75, 3.05) is 59.4 Å². The van der Waals surface area contributed by atoms with Crippen LogP contribution >= 0.6 is 23.2 Å². The zero-order valence-corrected chi connectivity index (χ0v) is 78.3. The number of primary amides is 2. The van der Waals surface area contributed by atoms with Crippen LogP contribution in [0, 0.1) is 5.92 Å². The van der Waals surface area contributed by atoms with Gasteiger partial charge in [-0.2, -0.15) is 0 Å². The lowest BCUT2D eigenvalue weighted by Crippen LogP contribution is -2.61. The van der Waals surface area contributed by atoms with E-state index in [1.165, 1.54) is 83.2 Å². The summed E-state index contributed by atoms with van der Waals surface area (Å²) in [5.41, 5.74) is 18.9. The fraction of sp³-hybridized carbons (Fsp3) is 0.410. The summed E-state index contributed by atoms with van der Waals surface area (Å²) in [5.74, 6) is -7.60. The van der Waals surface area contributed by atoms with Gasteiger partial charge in [-0.1, -0.05) is 185 Å². The molecule has 31 nitrogen and oxygen atoms in total. The first kappa shape index (κ1) is 106. The number of hydrogen-bond donors (Lipinski definition) is 15. The Bertz CT molecular complexity index is 5160. The van der Waals surface area contributed by atoms with Crippen LogP contribution in [0.5, 0.6) is 11.5 Å². The van der Waals surface area contributed by atoms with Gasteiger partial charge in [-0.15, -0.1) is 11.6 Å². The van der Waals surface area contributed by atoms with Gasteiger partial charge in [0.05, 0.1) is 6.61 Å². The summed E-state index contributed by atoms with van der Waals surface area (Å²) in [6, 6.07) is 43.8. The smallest absolute Gasteiger partial charge is 0.312 e. The number of aliphatic hydroxyl groups excluding tert-OH is 1. The molecule has 712 valence electrons. The zero-order valence-electron chi connectivity index (χ0n) is 76.8. The maximum atomic E-state index is 15.0. The molecule has 133 heavy (non-hydrogen) atoms. The van der Waals surface area contributed by atoms with E-state index in [1.54, 1.807) is 50.2 Å². The van der Waals surface area contributed by atoms with Crippen LogP contribution < -0.4 is 74.7 Å². The number of aromatic hydroxyl groups is 1. The quantitative estimate of drug-likeness (QED) is 0.00974. The predicted octanol–water partition coefficient (Wildman–Crippen LogP) is 8.00. The number of likely N-dealkylation sites (tertiary alicyclic amines) is 1. The van der Waals surface area contributed by atoms with Gasteiger partial charge in [0.2, 0.25) is 65.0 Å². The van der Waals surface area contributed by atoms with E-state index in [-0.39, 0.29) is 95.0 Å². The molecule has 1 aromatic heterocycles. The van der Waals surface area contributed by atoms with E-state index in [9.17, 15) is 67.7 Å². The summed E-state index contributed by atoms with van der Waals surface area (Å²) >= 11 is 12.5. The largest absolute Gasteiger partial charge is 0.508 e. The van der Waals surface area contributed by atoms with Crippen LogP contribution in [-0.4, -0.2) is 222 Å². The molecule has 1 saturated heterocycles. The minimum absolute atomic E-state index is 0.0327.